The molecule has 1 aliphatic heterocycles. The molecule has 1 aromatic heterocycles. The van der Waals surface area contributed by atoms with E-state index < -0.39 is 18.0 Å². The third-order valence-electron chi connectivity index (χ3n) is 10.5. The number of piperidine rings is 1. The fourth-order valence-corrected chi connectivity index (χ4v) is 7.62. The van der Waals surface area contributed by atoms with Gasteiger partial charge >= 0.3 is 5.97 Å². The molecule has 5 N–H and O–H groups in total. The maximum absolute atomic E-state index is 13.7. The summed E-state index contributed by atoms with van der Waals surface area (Å²) in [6.07, 6.45) is 4.91. The zero-order valence-electron chi connectivity index (χ0n) is 32.8. The van der Waals surface area contributed by atoms with Crippen LogP contribution in [-0.2, 0) is 32.1 Å². The number of nitrogens with zero attached hydrogens (tertiary/aromatic N) is 2. The molecule has 0 radical (unpaired) electrons. The van der Waals surface area contributed by atoms with Gasteiger partial charge in [-0.3, -0.25) is 24.1 Å². The first-order valence-corrected chi connectivity index (χ1v) is 20.3. The molecule has 1 saturated heterocycles. The number of hydrogen-bond donors (Lipinski definition) is 4. The maximum Gasteiger partial charge on any atom is 0.309 e. The minimum absolute atomic E-state index is 0.0561. The average molecular weight is 761 g/mol. The highest BCUT2D eigenvalue weighted by Crippen LogP contribution is 2.24. The van der Waals surface area contributed by atoms with Crippen LogP contribution in [0.4, 0.5) is 0 Å². The van der Waals surface area contributed by atoms with E-state index in [1.807, 2.05) is 102 Å². The molecule has 0 bridgehead atoms. The summed E-state index contributed by atoms with van der Waals surface area (Å²) in [5.41, 5.74) is 8.88. The van der Waals surface area contributed by atoms with Gasteiger partial charge in [0.25, 0.3) is 5.91 Å². The van der Waals surface area contributed by atoms with Gasteiger partial charge in [-0.25, -0.2) is 4.98 Å². The molecule has 4 rings (SSSR count). The molecule has 2 heterocycles. The number of rotatable bonds is 19. The van der Waals surface area contributed by atoms with Gasteiger partial charge in [-0.15, -0.1) is 11.3 Å². The predicted molar refractivity (Wildman–Crippen MR) is 214 cm³/mol. The number of aromatic nitrogens is 1. The van der Waals surface area contributed by atoms with Crippen LogP contribution < -0.4 is 21.7 Å². The number of nitrogens with one attached hydrogen (secondary N) is 3. The van der Waals surface area contributed by atoms with Gasteiger partial charge in [-0.05, 0) is 68.7 Å². The van der Waals surface area contributed by atoms with Crippen molar-refractivity contribution in [2.45, 2.75) is 116 Å². The van der Waals surface area contributed by atoms with Crippen molar-refractivity contribution in [2.24, 2.45) is 23.5 Å². The number of ether oxygens (including phenoxy) is 1. The first-order valence-electron chi connectivity index (χ1n) is 19.4. The molecule has 294 valence electrons. The van der Waals surface area contributed by atoms with Crippen LogP contribution in [0.2, 0.25) is 0 Å². The smallest absolute Gasteiger partial charge is 0.309 e. The highest BCUT2D eigenvalue weighted by Gasteiger charge is 2.34. The second-order valence-corrected chi connectivity index (χ2v) is 16.1. The number of amides is 3. The molecule has 7 unspecified atom stereocenters. The number of carbonyl (C=O) groups excluding carboxylic acids is 4. The van der Waals surface area contributed by atoms with Crippen molar-refractivity contribution in [3.63, 3.8) is 0 Å². The number of carbonyl (C=O) groups is 4. The van der Waals surface area contributed by atoms with Crippen LogP contribution in [0.3, 0.4) is 0 Å². The summed E-state index contributed by atoms with van der Waals surface area (Å²) in [4.78, 5) is 60.3. The number of nitrogens with two attached hydrogens (primary N) is 1. The summed E-state index contributed by atoms with van der Waals surface area (Å²) in [7, 11) is 1.96. The topological polar surface area (TPSA) is 156 Å². The van der Waals surface area contributed by atoms with Crippen molar-refractivity contribution >= 4 is 35.0 Å². The Balaban J connectivity index is 1.38. The molecule has 0 saturated carbocycles. The number of likely N-dealkylation sites (tertiary alicyclic amines) is 1. The highest BCUT2D eigenvalue weighted by molar-refractivity contribution is 7.09. The fourth-order valence-electron chi connectivity index (χ4n) is 6.81. The summed E-state index contributed by atoms with van der Waals surface area (Å²) in [6.45, 7) is 10.9. The molecule has 54 heavy (non-hydrogen) atoms. The second kappa shape index (κ2) is 21.1. The van der Waals surface area contributed by atoms with Gasteiger partial charge < -0.3 is 26.4 Å². The first-order chi connectivity index (χ1) is 25.9. The molecule has 3 amide bonds. The van der Waals surface area contributed by atoms with E-state index in [1.54, 1.807) is 5.38 Å². The summed E-state index contributed by atoms with van der Waals surface area (Å²) in [5, 5.41) is 11.7. The number of likely N-dealkylation sites (N-methyl/N-ethyl adjacent to an activating group) is 1. The van der Waals surface area contributed by atoms with Crippen LogP contribution in [0.5, 0.6) is 0 Å². The van der Waals surface area contributed by atoms with Crippen LogP contribution in [0.25, 0.3) is 0 Å². The zero-order chi connectivity index (χ0) is 39.2. The molecule has 0 aliphatic carbocycles. The summed E-state index contributed by atoms with van der Waals surface area (Å²) < 4.78 is 5.59. The van der Waals surface area contributed by atoms with E-state index in [9.17, 15) is 19.2 Å². The van der Waals surface area contributed by atoms with Crippen molar-refractivity contribution in [3.8, 4) is 0 Å². The standard InChI is InChI=1S/C42H60N6O5S/c1-7-28(4)37(47-39(50)36-20-14-15-21-48(36)6)40(51)45-34(27(2)3)24-33(43)41-46-35(26-54-41)38(49)44-32(23-30-16-10-8-11-17-30)22-29(5)42(52)53-25-31-18-12-9-13-19-31/h8-13,16-19,26-29,32-34,36-37H,7,14-15,20-25,43H2,1-6H3,(H,44,49)(H,45,51)(H,47,50). The van der Waals surface area contributed by atoms with Crippen molar-refractivity contribution < 1.29 is 23.9 Å². The predicted octanol–water partition coefficient (Wildman–Crippen LogP) is 5.80. The summed E-state index contributed by atoms with van der Waals surface area (Å²) in [6, 6.07) is 17.3. The molecule has 12 heteroatoms. The Kier molecular flexibility index (Phi) is 16.6. The van der Waals surface area contributed by atoms with Gasteiger partial charge in [-0.2, -0.15) is 0 Å². The van der Waals surface area contributed by atoms with E-state index >= 15 is 0 Å². The van der Waals surface area contributed by atoms with Gasteiger partial charge in [0.15, 0.2) is 0 Å². The fraction of sp³-hybridized carbons (Fsp3) is 0.548. The van der Waals surface area contributed by atoms with Crippen molar-refractivity contribution in [3.05, 3.63) is 87.9 Å². The van der Waals surface area contributed by atoms with Crippen LogP contribution >= 0.6 is 11.3 Å². The molecule has 1 fully saturated rings. The third kappa shape index (κ3) is 12.7. The molecular weight excluding hydrogens is 701 g/mol. The van der Waals surface area contributed by atoms with E-state index in [4.69, 9.17) is 10.5 Å². The number of hydrogen-bond acceptors (Lipinski definition) is 9. The van der Waals surface area contributed by atoms with Gasteiger partial charge in [0.2, 0.25) is 11.8 Å². The minimum Gasteiger partial charge on any atom is -0.461 e. The first kappa shape index (κ1) is 42.6. The Morgan fingerprint density at radius 2 is 1.59 bits per heavy atom. The lowest BCUT2D eigenvalue weighted by Crippen LogP contribution is -2.57. The molecule has 2 aromatic carbocycles. The molecule has 0 spiro atoms. The van der Waals surface area contributed by atoms with E-state index in [-0.39, 0.29) is 66.0 Å². The van der Waals surface area contributed by atoms with Gasteiger partial charge in [0.1, 0.15) is 23.4 Å². The van der Waals surface area contributed by atoms with Crippen molar-refractivity contribution in [2.75, 3.05) is 13.6 Å². The Morgan fingerprint density at radius 3 is 2.22 bits per heavy atom. The lowest BCUT2D eigenvalue weighted by Gasteiger charge is -2.34. The van der Waals surface area contributed by atoms with Gasteiger partial charge in [0, 0.05) is 17.5 Å². The zero-order valence-corrected chi connectivity index (χ0v) is 33.6. The van der Waals surface area contributed by atoms with Crippen LogP contribution in [0.1, 0.15) is 106 Å². The Morgan fingerprint density at radius 1 is 0.926 bits per heavy atom. The van der Waals surface area contributed by atoms with E-state index in [0.29, 0.717) is 24.3 Å². The summed E-state index contributed by atoms with van der Waals surface area (Å²) >= 11 is 1.31. The van der Waals surface area contributed by atoms with E-state index in [2.05, 4.69) is 25.8 Å². The third-order valence-corrected chi connectivity index (χ3v) is 11.5. The van der Waals surface area contributed by atoms with Crippen molar-refractivity contribution in [1.29, 1.82) is 0 Å². The number of esters is 1. The Bertz CT molecular complexity index is 1640. The molecule has 3 aromatic rings. The largest absolute Gasteiger partial charge is 0.461 e. The monoisotopic (exact) mass is 760 g/mol. The lowest BCUT2D eigenvalue weighted by atomic mass is 9.93. The van der Waals surface area contributed by atoms with Crippen molar-refractivity contribution in [1.82, 2.24) is 25.8 Å². The van der Waals surface area contributed by atoms with Crippen LogP contribution in [0, 0.1) is 17.8 Å². The van der Waals surface area contributed by atoms with Crippen LogP contribution in [-0.4, -0.2) is 71.3 Å². The molecular formula is C42H60N6O5S. The van der Waals surface area contributed by atoms with Crippen LogP contribution in [0.15, 0.2) is 66.0 Å². The summed E-state index contributed by atoms with van der Waals surface area (Å²) in [5.74, 6) is -1.45. The second-order valence-electron chi connectivity index (χ2n) is 15.2. The van der Waals surface area contributed by atoms with Gasteiger partial charge in [0.05, 0.1) is 18.0 Å². The molecule has 7 atom stereocenters. The molecule has 1 aliphatic rings. The maximum atomic E-state index is 13.7. The lowest BCUT2D eigenvalue weighted by molar-refractivity contribution is -0.149. The molecule has 11 nitrogen and oxygen atoms in total. The van der Waals surface area contributed by atoms with Gasteiger partial charge in [-0.1, -0.05) is 108 Å². The highest BCUT2D eigenvalue weighted by atomic mass is 32.1. The van der Waals surface area contributed by atoms with E-state index in [0.717, 1.165) is 43.4 Å². The number of thiazole rings is 1. The Hall–Kier alpha value is -4.13. The normalized spacial score (nSPS) is 18.1. The number of benzene rings is 2. The average Bonchev–Trinajstić information content (AvgIpc) is 3.67. The SMILES string of the molecule is CCC(C)C(NC(=O)C1CCCCN1C)C(=O)NC(CC(N)c1nc(C(=O)NC(Cc2ccccc2)CC(C)C(=O)OCc2ccccc2)cs1)C(C)C. The Labute approximate surface area is 325 Å². The minimum atomic E-state index is -0.664. The van der Waals surface area contributed by atoms with E-state index in [1.165, 1.54) is 11.3 Å². The quantitative estimate of drug-likeness (QED) is 0.112.